The summed E-state index contributed by atoms with van der Waals surface area (Å²) in [6, 6.07) is 8.10. The monoisotopic (exact) mass is 265 g/mol. The second-order valence-electron chi connectivity index (χ2n) is 5.70. The molecule has 0 spiro atoms. The maximum Gasteiger partial charge on any atom is 0.119 e. The summed E-state index contributed by atoms with van der Waals surface area (Å²) in [5.41, 5.74) is 0.986. The quantitative estimate of drug-likeness (QED) is 0.765. The average molecular weight is 265 g/mol. The van der Waals surface area contributed by atoms with Gasteiger partial charge in [0, 0.05) is 6.54 Å². The molecular formula is C16H27NO2. The number of hydrogen-bond acceptors (Lipinski definition) is 3. The molecule has 0 radical (unpaired) electrons. The Morgan fingerprint density at radius 3 is 2.58 bits per heavy atom. The van der Waals surface area contributed by atoms with E-state index in [0.717, 1.165) is 30.8 Å². The van der Waals surface area contributed by atoms with Crippen molar-refractivity contribution in [1.82, 2.24) is 5.32 Å². The van der Waals surface area contributed by atoms with Crippen molar-refractivity contribution in [2.75, 3.05) is 20.2 Å². The molecule has 3 nitrogen and oxygen atoms in total. The number of nitrogens with one attached hydrogen (secondary N) is 1. The third-order valence-electron chi connectivity index (χ3n) is 2.72. The van der Waals surface area contributed by atoms with Crippen molar-refractivity contribution in [3.63, 3.8) is 0 Å². The van der Waals surface area contributed by atoms with Crippen molar-refractivity contribution in [3.05, 3.63) is 29.8 Å². The molecule has 0 bridgehead atoms. The number of benzene rings is 1. The van der Waals surface area contributed by atoms with E-state index in [2.05, 4.69) is 39.1 Å². The minimum atomic E-state index is -0.165. The van der Waals surface area contributed by atoms with Crippen molar-refractivity contribution >= 4 is 0 Å². The summed E-state index contributed by atoms with van der Waals surface area (Å²) in [6.07, 6.45) is 1.17. The van der Waals surface area contributed by atoms with Gasteiger partial charge in [-0.3, -0.25) is 0 Å². The molecule has 0 aromatic heterocycles. The van der Waals surface area contributed by atoms with Crippen LogP contribution in [0.15, 0.2) is 24.3 Å². The van der Waals surface area contributed by atoms with Crippen molar-refractivity contribution in [2.45, 2.75) is 45.8 Å². The first-order valence-corrected chi connectivity index (χ1v) is 6.98. The molecule has 19 heavy (non-hydrogen) atoms. The minimum Gasteiger partial charge on any atom is -0.497 e. The van der Waals surface area contributed by atoms with E-state index < -0.39 is 0 Å². The Labute approximate surface area is 117 Å². The largest absolute Gasteiger partial charge is 0.497 e. The molecule has 0 aliphatic rings. The third kappa shape index (κ3) is 6.08. The number of ether oxygens (including phenoxy) is 2. The lowest BCUT2D eigenvalue weighted by molar-refractivity contribution is -0.0606. The molecule has 0 aliphatic heterocycles. The molecule has 0 aliphatic carbocycles. The molecule has 0 heterocycles. The summed E-state index contributed by atoms with van der Waals surface area (Å²) in [7, 11) is 1.69. The predicted octanol–water partition coefficient (Wildman–Crippen LogP) is 3.55. The lowest BCUT2D eigenvalue weighted by Gasteiger charge is -2.28. The molecule has 0 saturated heterocycles. The standard InChI is InChI=1S/C16H27NO2/c1-6-10-17-12-15(19-16(2,3)4)13-8-7-9-14(11-13)18-5/h7-9,11,15,17H,6,10,12H2,1-5H3. The van der Waals surface area contributed by atoms with Crippen LogP contribution < -0.4 is 10.1 Å². The van der Waals surface area contributed by atoms with Crippen molar-refractivity contribution in [3.8, 4) is 5.75 Å². The first-order valence-electron chi connectivity index (χ1n) is 6.98. The Bertz CT molecular complexity index is 371. The molecule has 1 aromatic carbocycles. The predicted molar refractivity (Wildman–Crippen MR) is 79.7 cm³/mol. The van der Waals surface area contributed by atoms with E-state index >= 15 is 0 Å². The maximum atomic E-state index is 6.15. The number of rotatable bonds is 7. The van der Waals surface area contributed by atoms with Gasteiger partial charge in [0.15, 0.2) is 0 Å². The second-order valence-corrected chi connectivity index (χ2v) is 5.70. The summed E-state index contributed by atoms with van der Waals surface area (Å²) in [6.45, 7) is 10.2. The van der Waals surface area contributed by atoms with Crippen LogP contribution in [0.3, 0.4) is 0 Å². The lowest BCUT2D eigenvalue weighted by Crippen LogP contribution is -2.30. The zero-order valence-corrected chi connectivity index (χ0v) is 12.8. The minimum absolute atomic E-state index is 0.0432. The van der Waals surface area contributed by atoms with E-state index in [9.17, 15) is 0 Å². The van der Waals surface area contributed by atoms with Gasteiger partial charge in [0.05, 0.1) is 18.8 Å². The van der Waals surface area contributed by atoms with Gasteiger partial charge < -0.3 is 14.8 Å². The van der Waals surface area contributed by atoms with Crippen LogP contribution in [0.4, 0.5) is 0 Å². The molecule has 108 valence electrons. The van der Waals surface area contributed by atoms with Gasteiger partial charge >= 0.3 is 0 Å². The van der Waals surface area contributed by atoms with Gasteiger partial charge in [-0.15, -0.1) is 0 Å². The molecule has 1 rings (SSSR count). The van der Waals surface area contributed by atoms with Gasteiger partial charge in [-0.2, -0.15) is 0 Å². The lowest BCUT2D eigenvalue weighted by atomic mass is 10.1. The Morgan fingerprint density at radius 1 is 1.26 bits per heavy atom. The fourth-order valence-corrected chi connectivity index (χ4v) is 1.91. The average Bonchev–Trinajstić information content (AvgIpc) is 2.36. The highest BCUT2D eigenvalue weighted by atomic mass is 16.5. The zero-order valence-electron chi connectivity index (χ0n) is 12.8. The second kappa shape index (κ2) is 7.51. The normalized spacial score (nSPS) is 13.3. The molecule has 1 aromatic rings. The van der Waals surface area contributed by atoms with Gasteiger partial charge in [-0.05, 0) is 51.4 Å². The summed E-state index contributed by atoms with van der Waals surface area (Å²) in [4.78, 5) is 0. The van der Waals surface area contributed by atoms with Crippen molar-refractivity contribution < 1.29 is 9.47 Å². The highest BCUT2D eigenvalue weighted by Gasteiger charge is 2.20. The van der Waals surface area contributed by atoms with E-state index in [1.807, 2.05) is 18.2 Å². The van der Waals surface area contributed by atoms with E-state index in [-0.39, 0.29) is 11.7 Å². The molecule has 1 N–H and O–H groups in total. The van der Waals surface area contributed by atoms with E-state index in [1.165, 1.54) is 0 Å². The van der Waals surface area contributed by atoms with Crippen LogP contribution in [0.25, 0.3) is 0 Å². The van der Waals surface area contributed by atoms with Crippen LogP contribution in [-0.2, 0) is 4.74 Å². The molecule has 0 fully saturated rings. The topological polar surface area (TPSA) is 30.5 Å². The van der Waals surface area contributed by atoms with Crippen LogP contribution in [0, 0.1) is 0 Å². The van der Waals surface area contributed by atoms with Crippen LogP contribution in [0.1, 0.15) is 45.8 Å². The molecular weight excluding hydrogens is 238 g/mol. The molecule has 0 amide bonds. The number of hydrogen-bond donors (Lipinski definition) is 1. The Balaban J connectivity index is 2.81. The van der Waals surface area contributed by atoms with Crippen LogP contribution in [0.2, 0.25) is 0 Å². The highest BCUT2D eigenvalue weighted by molar-refractivity contribution is 5.30. The van der Waals surface area contributed by atoms with Crippen molar-refractivity contribution in [2.24, 2.45) is 0 Å². The van der Waals surface area contributed by atoms with E-state index in [0.29, 0.717) is 0 Å². The van der Waals surface area contributed by atoms with Gasteiger partial charge in [-0.25, -0.2) is 0 Å². The first-order chi connectivity index (χ1) is 8.96. The SMILES string of the molecule is CCCNCC(OC(C)(C)C)c1cccc(OC)c1. The highest BCUT2D eigenvalue weighted by Crippen LogP contribution is 2.26. The van der Waals surface area contributed by atoms with Gasteiger partial charge in [0.25, 0.3) is 0 Å². The zero-order chi connectivity index (χ0) is 14.3. The summed E-state index contributed by atoms with van der Waals surface area (Å²) in [5, 5.41) is 3.43. The van der Waals surface area contributed by atoms with Gasteiger partial charge in [0.1, 0.15) is 5.75 Å². The summed E-state index contributed by atoms with van der Waals surface area (Å²) in [5.74, 6) is 0.871. The van der Waals surface area contributed by atoms with Gasteiger partial charge in [-0.1, -0.05) is 19.1 Å². The fourth-order valence-electron chi connectivity index (χ4n) is 1.91. The summed E-state index contributed by atoms with van der Waals surface area (Å²) < 4.78 is 11.4. The van der Waals surface area contributed by atoms with Crippen molar-refractivity contribution in [1.29, 1.82) is 0 Å². The van der Waals surface area contributed by atoms with E-state index in [1.54, 1.807) is 7.11 Å². The number of methoxy groups -OCH3 is 1. The summed E-state index contributed by atoms with van der Waals surface area (Å²) >= 11 is 0. The molecule has 3 heteroatoms. The van der Waals surface area contributed by atoms with Gasteiger partial charge in [0.2, 0.25) is 0 Å². The fraction of sp³-hybridized carbons (Fsp3) is 0.625. The molecule has 1 unspecified atom stereocenters. The smallest absolute Gasteiger partial charge is 0.119 e. The first kappa shape index (κ1) is 16.0. The maximum absolute atomic E-state index is 6.15. The van der Waals surface area contributed by atoms with Crippen LogP contribution >= 0.6 is 0 Å². The van der Waals surface area contributed by atoms with Crippen LogP contribution in [-0.4, -0.2) is 25.8 Å². The molecule has 1 atom stereocenters. The van der Waals surface area contributed by atoms with E-state index in [4.69, 9.17) is 9.47 Å². The van der Waals surface area contributed by atoms with Crippen LogP contribution in [0.5, 0.6) is 5.75 Å². The Hall–Kier alpha value is -1.06. The Kier molecular flexibility index (Phi) is 6.32. The third-order valence-corrected chi connectivity index (χ3v) is 2.72. The molecule has 0 saturated carbocycles. The Morgan fingerprint density at radius 2 is 2.00 bits per heavy atom.